The zero-order chi connectivity index (χ0) is 18.0. The van der Waals surface area contributed by atoms with Crippen molar-refractivity contribution in [1.29, 1.82) is 0 Å². The molecule has 0 atom stereocenters. The minimum Gasteiger partial charge on any atom is -0.313 e. The van der Waals surface area contributed by atoms with Gasteiger partial charge >= 0.3 is 0 Å². The number of carbonyl (C=O) groups excluding carboxylic acids is 1. The van der Waals surface area contributed by atoms with Gasteiger partial charge in [0.05, 0.1) is 11.7 Å². The number of benzene rings is 1. The van der Waals surface area contributed by atoms with Crippen molar-refractivity contribution in [2.45, 2.75) is 19.9 Å². The number of halogens is 2. The Morgan fingerprint density at radius 3 is 2.80 bits per heavy atom. The minimum atomic E-state index is -1.01. The number of aryl methyl sites for hydroxylation is 1. The van der Waals surface area contributed by atoms with Crippen LogP contribution in [-0.4, -0.2) is 22.0 Å². The Balaban J connectivity index is 1.76. The SMILES string of the molecule is CCN(C(=O)CCn1cnc2sccc2c1=O)c1ccc(F)c(F)c1. The first-order valence-corrected chi connectivity index (χ1v) is 8.57. The van der Waals surface area contributed by atoms with Gasteiger partial charge in [0, 0.05) is 31.3 Å². The number of anilines is 1. The average Bonchev–Trinajstić information content (AvgIpc) is 3.07. The van der Waals surface area contributed by atoms with Crippen molar-refractivity contribution in [2.24, 2.45) is 0 Å². The lowest BCUT2D eigenvalue weighted by Crippen LogP contribution is -2.32. The molecule has 0 fully saturated rings. The lowest BCUT2D eigenvalue weighted by molar-refractivity contribution is -0.118. The molecule has 0 aliphatic heterocycles. The van der Waals surface area contributed by atoms with E-state index in [1.54, 1.807) is 18.4 Å². The highest BCUT2D eigenvalue weighted by Crippen LogP contribution is 2.19. The molecule has 0 saturated carbocycles. The number of nitrogens with zero attached hydrogens (tertiary/aromatic N) is 3. The molecular weight excluding hydrogens is 348 g/mol. The summed E-state index contributed by atoms with van der Waals surface area (Å²) in [6.45, 7) is 2.21. The van der Waals surface area contributed by atoms with Crippen LogP contribution in [0.5, 0.6) is 0 Å². The van der Waals surface area contributed by atoms with E-state index in [1.165, 1.54) is 33.2 Å². The van der Waals surface area contributed by atoms with Gasteiger partial charge in [-0.1, -0.05) is 0 Å². The van der Waals surface area contributed by atoms with Gasteiger partial charge in [-0.2, -0.15) is 0 Å². The summed E-state index contributed by atoms with van der Waals surface area (Å²) < 4.78 is 27.8. The Morgan fingerprint density at radius 1 is 1.28 bits per heavy atom. The van der Waals surface area contributed by atoms with Gasteiger partial charge in [-0.25, -0.2) is 13.8 Å². The van der Waals surface area contributed by atoms with E-state index >= 15 is 0 Å². The maximum absolute atomic E-state index is 13.4. The number of hydrogen-bond donors (Lipinski definition) is 0. The molecule has 0 saturated heterocycles. The molecule has 8 heteroatoms. The molecule has 0 spiro atoms. The van der Waals surface area contributed by atoms with E-state index in [-0.39, 0.29) is 30.1 Å². The smallest absolute Gasteiger partial charge is 0.262 e. The van der Waals surface area contributed by atoms with E-state index in [0.29, 0.717) is 16.8 Å². The first-order chi connectivity index (χ1) is 12.0. The van der Waals surface area contributed by atoms with Gasteiger partial charge < -0.3 is 4.90 Å². The van der Waals surface area contributed by atoms with E-state index in [1.807, 2.05) is 0 Å². The van der Waals surface area contributed by atoms with Crippen molar-refractivity contribution in [3.8, 4) is 0 Å². The first kappa shape index (κ1) is 17.2. The third-order valence-corrected chi connectivity index (χ3v) is 4.67. The molecular formula is C17H15F2N3O2S. The number of thiophene rings is 1. The standard InChI is InChI=1S/C17H15F2N3O2S/c1-2-22(11-3-4-13(18)14(19)9-11)15(23)5-7-21-10-20-16-12(17(21)24)6-8-25-16/h3-4,6,8-10H,2,5,7H2,1H3. The van der Waals surface area contributed by atoms with E-state index in [2.05, 4.69) is 4.98 Å². The highest BCUT2D eigenvalue weighted by molar-refractivity contribution is 7.16. The maximum Gasteiger partial charge on any atom is 0.262 e. The van der Waals surface area contributed by atoms with Crippen LogP contribution in [0.3, 0.4) is 0 Å². The Kier molecular flexibility index (Phi) is 4.89. The van der Waals surface area contributed by atoms with Crippen LogP contribution in [-0.2, 0) is 11.3 Å². The van der Waals surface area contributed by atoms with Crippen molar-refractivity contribution >= 4 is 33.1 Å². The molecule has 0 bridgehead atoms. The van der Waals surface area contributed by atoms with Crippen LogP contribution in [0.4, 0.5) is 14.5 Å². The summed E-state index contributed by atoms with van der Waals surface area (Å²) in [4.78, 5) is 31.0. The highest BCUT2D eigenvalue weighted by Gasteiger charge is 2.16. The monoisotopic (exact) mass is 363 g/mol. The highest BCUT2D eigenvalue weighted by atomic mass is 32.1. The molecule has 1 amide bonds. The third kappa shape index (κ3) is 3.43. The number of amides is 1. The second-order valence-electron chi connectivity index (χ2n) is 5.37. The van der Waals surface area contributed by atoms with Gasteiger partial charge in [0.15, 0.2) is 11.6 Å². The maximum atomic E-state index is 13.4. The van der Waals surface area contributed by atoms with Gasteiger partial charge in [0.2, 0.25) is 5.91 Å². The number of hydrogen-bond acceptors (Lipinski definition) is 4. The van der Waals surface area contributed by atoms with E-state index in [0.717, 1.165) is 12.1 Å². The van der Waals surface area contributed by atoms with E-state index in [9.17, 15) is 18.4 Å². The summed E-state index contributed by atoms with van der Waals surface area (Å²) >= 11 is 1.38. The minimum absolute atomic E-state index is 0.0457. The second kappa shape index (κ2) is 7.10. The van der Waals surface area contributed by atoms with Crippen molar-refractivity contribution in [3.05, 3.63) is 58.0 Å². The summed E-state index contributed by atoms with van der Waals surface area (Å²) in [6.07, 6.45) is 1.46. The summed E-state index contributed by atoms with van der Waals surface area (Å²) in [5.74, 6) is -2.26. The number of carbonyl (C=O) groups is 1. The molecule has 0 radical (unpaired) electrons. The van der Waals surface area contributed by atoms with E-state index < -0.39 is 11.6 Å². The van der Waals surface area contributed by atoms with Crippen LogP contribution in [0.25, 0.3) is 10.2 Å². The zero-order valence-electron chi connectivity index (χ0n) is 13.4. The first-order valence-electron chi connectivity index (χ1n) is 7.69. The fourth-order valence-corrected chi connectivity index (χ4v) is 3.28. The van der Waals surface area contributed by atoms with Crippen molar-refractivity contribution < 1.29 is 13.6 Å². The summed E-state index contributed by atoms with van der Waals surface area (Å²) in [7, 11) is 0. The normalized spacial score (nSPS) is 11.0. The molecule has 2 aromatic heterocycles. The molecule has 5 nitrogen and oxygen atoms in total. The van der Waals surface area contributed by atoms with Crippen LogP contribution >= 0.6 is 11.3 Å². The summed E-state index contributed by atoms with van der Waals surface area (Å²) in [5.41, 5.74) is 0.0834. The molecule has 3 rings (SSSR count). The van der Waals surface area contributed by atoms with Crippen LogP contribution < -0.4 is 10.5 Å². The van der Waals surface area contributed by atoms with Crippen LogP contribution in [0.2, 0.25) is 0 Å². The Labute approximate surface area is 146 Å². The Hall–Kier alpha value is -2.61. The Morgan fingerprint density at radius 2 is 2.08 bits per heavy atom. The predicted molar refractivity (Wildman–Crippen MR) is 92.9 cm³/mol. The molecule has 1 aromatic carbocycles. The number of rotatable bonds is 5. The molecule has 130 valence electrons. The summed E-state index contributed by atoms with van der Waals surface area (Å²) in [5, 5.41) is 2.31. The molecule has 0 aliphatic rings. The van der Waals surface area contributed by atoms with Gasteiger partial charge in [-0.3, -0.25) is 14.2 Å². The number of aromatic nitrogens is 2. The number of fused-ring (bicyclic) bond motifs is 1. The molecule has 0 N–H and O–H groups in total. The molecule has 25 heavy (non-hydrogen) atoms. The van der Waals surface area contributed by atoms with Crippen molar-refractivity contribution in [3.63, 3.8) is 0 Å². The fourth-order valence-electron chi connectivity index (χ4n) is 2.56. The van der Waals surface area contributed by atoms with E-state index in [4.69, 9.17) is 0 Å². The summed E-state index contributed by atoms with van der Waals surface area (Å²) in [6, 6.07) is 5.03. The van der Waals surface area contributed by atoms with Crippen LogP contribution in [0, 0.1) is 11.6 Å². The molecule has 2 heterocycles. The van der Waals surface area contributed by atoms with Gasteiger partial charge in [0.25, 0.3) is 5.56 Å². The third-order valence-electron chi connectivity index (χ3n) is 3.85. The lowest BCUT2D eigenvalue weighted by Gasteiger charge is -2.21. The quantitative estimate of drug-likeness (QED) is 0.700. The van der Waals surface area contributed by atoms with Gasteiger partial charge in [-0.05, 0) is 30.5 Å². The fraction of sp³-hybridized carbons (Fsp3) is 0.235. The van der Waals surface area contributed by atoms with Crippen molar-refractivity contribution in [2.75, 3.05) is 11.4 Å². The van der Waals surface area contributed by atoms with Gasteiger partial charge in [0.1, 0.15) is 4.83 Å². The Bertz CT molecular complexity index is 983. The van der Waals surface area contributed by atoms with Crippen LogP contribution in [0.1, 0.15) is 13.3 Å². The topological polar surface area (TPSA) is 55.2 Å². The second-order valence-corrected chi connectivity index (χ2v) is 6.26. The largest absolute Gasteiger partial charge is 0.313 e. The molecule has 0 aliphatic carbocycles. The molecule has 0 unspecified atom stereocenters. The van der Waals surface area contributed by atoms with Gasteiger partial charge in [-0.15, -0.1) is 11.3 Å². The molecule has 3 aromatic rings. The average molecular weight is 363 g/mol. The van der Waals surface area contributed by atoms with Crippen molar-refractivity contribution in [1.82, 2.24) is 9.55 Å². The van der Waals surface area contributed by atoms with Crippen LogP contribution in [0.15, 0.2) is 40.8 Å². The zero-order valence-corrected chi connectivity index (χ0v) is 14.2. The lowest BCUT2D eigenvalue weighted by atomic mass is 10.2. The predicted octanol–water partition coefficient (Wildman–Crippen LogP) is 3.18.